The van der Waals surface area contributed by atoms with Crippen LogP contribution in [0.3, 0.4) is 0 Å². The van der Waals surface area contributed by atoms with E-state index < -0.39 is 6.10 Å². The van der Waals surface area contributed by atoms with Crippen molar-refractivity contribution in [3.05, 3.63) is 29.3 Å². The van der Waals surface area contributed by atoms with Gasteiger partial charge < -0.3 is 4.74 Å². The third-order valence-electron chi connectivity index (χ3n) is 2.72. The van der Waals surface area contributed by atoms with Crippen molar-refractivity contribution in [1.82, 2.24) is 5.43 Å². The van der Waals surface area contributed by atoms with Crippen LogP contribution >= 0.6 is 0 Å². The first-order chi connectivity index (χ1) is 9.38. The fraction of sp³-hybridized carbons (Fsp3) is 0.500. The summed E-state index contributed by atoms with van der Waals surface area (Å²) in [5, 5.41) is 3.90. The minimum Gasteiger partial charge on any atom is -0.481 e. The minimum atomic E-state index is -0.576. The topological polar surface area (TPSA) is 50.7 Å². The van der Waals surface area contributed by atoms with Crippen LogP contribution in [0.25, 0.3) is 0 Å². The van der Waals surface area contributed by atoms with Gasteiger partial charge in [0.2, 0.25) is 0 Å². The van der Waals surface area contributed by atoms with E-state index in [4.69, 9.17) is 4.74 Å². The number of carbonyl (C=O) groups excluding carboxylic acids is 1. The van der Waals surface area contributed by atoms with Crippen LogP contribution in [-0.4, -0.2) is 18.2 Å². The molecule has 0 unspecified atom stereocenters. The van der Waals surface area contributed by atoms with Gasteiger partial charge in [-0.15, -0.1) is 0 Å². The molecule has 110 valence electrons. The first-order valence-corrected chi connectivity index (χ1v) is 6.95. The minimum absolute atomic E-state index is 0.246. The third-order valence-corrected chi connectivity index (χ3v) is 2.72. The fourth-order valence-corrected chi connectivity index (χ4v) is 1.72. The summed E-state index contributed by atoms with van der Waals surface area (Å²) >= 11 is 0. The van der Waals surface area contributed by atoms with E-state index in [-0.39, 0.29) is 5.91 Å². The Bertz CT molecular complexity index is 461. The van der Waals surface area contributed by atoms with Crippen LogP contribution in [0.2, 0.25) is 0 Å². The fourth-order valence-electron chi connectivity index (χ4n) is 1.72. The lowest BCUT2D eigenvalue weighted by Crippen LogP contribution is -2.33. The second kappa shape index (κ2) is 7.68. The van der Waals surface area contributed by atoms with E-state index in [9.17, 15) is 4.79 Å². The molecule has 1 atom stereocenters. The summed E-state index contributed by atoms with van der Waals surface area (Å²) in [5.74, 6) is 0.986. The summed E-state index contributed by atoms with van der Waals surface area (Å²) in [6.45, 7) is 9.91. The average molecular weight is 276 g/mol. The van der Waals surface area contributed by atoms with Gasteiger partial charge >= 0.3 is 0 Å². The Hall–Kier alpha value is -1.84. The number of hydrogen-bond acceptors (Lipinski definition) is 3. The zero-order valence-corrected chi connectivity index (χ0v) is 12.9. The summed E-state index contributed by atoms with van der Waals surface area (Å²) in [5.41, 5.74) is 4.72. The molecule has 0 aliphatic carbocycles. The van der Waals surface area contributed by atoms with Gasteiger partial charge in [0.15, 0.2) is 6.10 Å². The van der Waals surface area contributed by atoms with Gasteiger partial charge in [0, 0.05) is 6.21 Å². The molecule has 1 aromatic rings. The molecule has 1 amide bonds. The molecule has 0 saturated heterocycles. The highest BCUT2D eigenvalue weighted by atomic mass is 16.5. The number of hydrogen-bond donors (Lipinski definition) is 1. The highest BCUT2D eigenvalue weighted by Crippen LogP contribution is 2.17. The molecule has 1 rings (SSSR count). The summed E-state index contributed by atoms with van der Waals surface area (Å²) in [7, 11) is 0. The van der Waals surface area contributed by atoms with Gasteiger partial charge in [-0.3, -0.25) is 4.79 Å². The van der Waals surface area contributed by atoms with Crippen molar-refractivity contribution in [1.29, 1.82) is 0 Å². The smallest absolute Gasteiger partial charge is 0.280 e. The van der Waals surface area contributed by atoms with E-state index in [0.717, 1.165) is 17.5 Å². The number of nitrogens with zero attached hydrogens (tertiary/aromatic N) is 1. The molecular weight excluding hydrogens is 252 g/mol. The number of ether oxygens (including phenoxy) is 1. The molecule has 20 heavy (non-hydrogen) atoms. The van der Waals surface area contributed by atoms with E-state index in [1.165, 1.54) is 0 Å². The second-order valence-electron chi connectivity index (χ2n) is 5.50. The van der Waals surface area contributed by atoms with Crippen molar-refractivity contribution < 1.29 is 9.53 Å². The molecule has 0 aliphatic heterocycles. The first-order valence-electron chi connectivity index (χ1n) is 6.95. The summed E-state index contributed by atoms with van der Waals surface area (Å²) in [6, 6.07) is 5.89. The average Bonchev–Trinajstić information content (AvgIpc) is 2.32. The van der Waals surface area contributed by atoms with E-state index in [2.05, 4.69) is 30.4 Å². The predicted octanol–water partition coefficient (Wildman–Crippen LogP) is 3.22. The third kappa shape index (κ3) is 5.87. The number of benzene rings is 1. The molecule has 0 heterocycles. The van der Waals surface area contributed by atoms with E-state index >= 15 is 0 Å². The highest BCUT2D eigenvalue weighted by molar-refractivity contribution is 5.81. The van der Waals surface area contributed by atoms with Crippen molar-refractivity contribution in [3.8, 4) is 5.75 Å². The molecule has 0 aromatic heterocycles. The number of hydrazone groups is 1. The summed E-state index contributed by atoms with van der Waals surface area (Å²) < 4.78 is 5.63. The molecule has 4 nitrogen and oxygen atoms in total. The van der Waals surface area contributed by atoms with Gasteiger partial charge in [0.25, 0.3) is 5.91 Å². The monoisotopic (exact) mass is 276 g/mol. The molecule has 1 N–H and O–H groups in total. The molecule has 1 aromatic carbocycles. The van der Waals surface area contributed by atoms with Crippen LogP contribution in [-0.2, 0) is 4.79 Å². The van der Waals surface area contributed by atoms with Gasteiger partial charge in [-0.05, 0) is 56.4 Å². The van der Waals surface area contributed by atoms with Crippen LogP contribution in [0.15, 0.2) is 23.3 Å². The van der Waals surface area contributed by atoms with Crippen molar-refractivity contribution in [2.45, 2.75) is 47.1 Å². The van der Waals surface area contributed by atoms with Crippen LogP contribution in [0.4, 0.5) is 0 Å². The van der Waals surface area contributed by atoms with Gasteiger partial charge in [-0.25, -0.2) is 5.43 Å². The van der Waals surface area contributed by atoms with E-state index in [1.54, 1.807) is 13.1 Å². The standard InChI is InChI=1S/C16H24N2O2/c1-11(2)6-7-17-18-16(19)14(5)20-15-9-12(3)8-13(4)10-15/h7-11,14H,6H2,1-5H3,(H,18,19)/t14-/m1/s1. The van der Waals surface area contributed by atoms with Crippen molar-refractivity contribution >= 4 is 12.1 Å². The second-order valence-corrected chi connectivity index (χ2v) is 5.50. The number of rotatable bonds is 6. The Morgan fingerprint density at radius 3 is 2.40 bits per heavy atom. The lowest BCUT2D eigenvalue weighted by atomic mass is 10.1. The zero-order chi connectivity index (χ0) is 15.1. The van der Waals surface area contributed by atoms with E-state index in [1.807, 2.05) is 26.0 Å². The van der Waals surface area contributed by atoms with Crippen molar-refractivity contribution in [3.63, 3.8) is 0 Å². The molecule has 0 bridgehead atoms. The normalized spacial score (nSPS) is 12.7. The lowest BCUT2D eigenvalue weighted by molar-refractivity contribution is -0.127. The molecule has 0 aliphatic rings. The first kappa shape index (κ1) is 16.2. The Morgan fingerprint density at radius 1 is 1.25 bits per heavy atom. The summed E-state index contributed by atoms with van der Waals surface area (Å²) in [4.78, 5) is 11.8. The van der Waals surface area contributed by atoms with Gasteiger partial charge in [0.1, 0.15) is 5.75 Å². The maximum absolute atomic E-state index is 11.8. The largest absolute Gasteiger partial charge is 0.481 e. The Labute approximate surface area is 121 Å². The van der Waals surface area contributed by atoms with E-state index in [0.29, 0.717) is 11.7 Å². The van der Waals surface area contributed by atoms with Crippen LogP contribution in [0.1, 0.15) is 38.3 Å². The number of amides is 1. The highest BCUT2D eigenvalue weighted by Gasteiger charge is 2.14. The predicted molar refractivity (Wildman–Crippen MR) is 82.1 cm³/mol. The van der Waals surface area contributed by atoms with Gasteiger partial charge in [0.05, 0.1) is 0 Å². The van der Waals surface area contributed by atoms with Crippen molar-refractivity contribution in [2.24, 2.45) is 11.0 Å². The Kier molecular flexibility index (Phi) is 6.22. The maximum atomic E-state index is 11.8. The number of nitrogens with one attached hydrogen (secondary N) is 1. The van der Waals surface area contributed by atoms with Crippen LogP contribution in [0.5, 0.6) is 5.75 Å². The number of carbonyl (C=O) groups is 1. The Morgan fingerprint density at radius 2 is 1.85 bits per heavy atom. The van der Waals surface area contributed by atoms with Gasteiger partial charge in [-0.2, -0.15) is 5.10 Å². The summed E-state index contributed by atoms with van der Waals surface area (Å²) in [6.07, 6.45) is 1.98. The quantitative estimate of drug-likeness (QED) is 0.640. The molecule has 0 spiro atoms. The van der Waals surface area contributed by atoms with Crippen LogP contribution in [0, 0.1) is 19.8 Å². The number of aryl methyl sites for hydroxylation is 2. The molecular formula is C16H24N2O2. The maximum Gasteiger partial charge on any atom is 0.280 e. The Balaban J connectivity index is 2.51. The molecule has 0 fully saturated rings. The molecule has 0 radical (unpaired) electrons. The lowest BCUT2D eigenvalue weighted by Gasteiger charge is -2.14. The van der Waals surface area contributed by atoms with Crippen LogP contribution < -0.4 is 10.2 Å². The zero-order valence-electron chi connectivity index (χ0n) is 12.9. The van der Waals surface area contributed by atoms with Crippen molar-refractivity contribution in [2.75, 3.05) is 0 Å². The molecule has 0 saturated carbocycles. The molecule has 4 heteroatoms. The van der Waals surface area contributed by atoms with Gasteiger partial charge in [-0.1, -0.05) is 19.9 Å². The SMILES string of the molecule is Cc1cc(C)cc(O[C@H](C)C(=O)NN=CCC(C)C)c1.